The van der Waals surface area contributed by atoms with Crippen molar-refractivity contribution in [1.82, 2.24) is 9.78 Å². The lowest BCUT2D eigenvalue weighted by atomic mass is 9.82. The standard InChI is InChI=1S/C12H18BN3O2.C5H10/c1-11(2)12(3,4)18-13(17-11)10-8-15-16(9-10)7-5-6-14;1-2-4-5-3-1/h8-9H,5,7H2,1-4H3;1-5H2. The Labute approximate surface area is 140 Å². The highest BCUT2D eigenvalue weighted by Gasteiger charge is 2.52. The molecule has 0 atom stereocenters. The molecule has 126 valence electrons. The van der Waals surface area contributed by atoms with Gasteiger partial charge < -0.3 is 9.31 Å². The summed E-state index contributed by atoms with van der Waals surface area (Å²) in [6.07, 6.45) is 11.6. The van der Waals surface area contributed by atoms with Crippen LogP contribution in [0.4, 0.5) is 0 Å². The van der Waals surface area contributed by atoms with E-state index < -0.39 is 0 Å². The SMILES string of the molecule is C1CCCC1.CC1(C)OB(c2cnn(CCC#N)c2)OC1(C)C. The first-order valence-electron chi connectivity index (χ1n) is 8.61. The topological polar surface area (TPSA) is 60.1 Å². The molecule has 0 aromatic carbocycles. The van der Waals surface area contributed by atoms with Crippen LogP contribution in [0.3, 0.4) is 0 Å². The number of aromatic nitrogens is 2. The van der Waals surface area contributed by atoms with Gasteiger partial charge in [0.05, 0.1) is 30.2 Å². The Morgan fingerprint density at radius 3 is 2.13 bits per heavy atom. The first-order valence-corrected chi connectivity index (χ1v) is 8.61. The van der Waals surface area contributed by atoms with Crippen LogP contribution in [0.15, 0.2) is 12.4 Å². The van der Waals surface area contributed by atoms with Crippen LogP contribution >= 0.6 is 0 Å². The van der Waals surface area contributed by atoms with E-state index in [1.165, 1.54) is 32.1 Å². The highest BCUT2D eigenvalue weighted by atomic mass is 16.7. The molecule has 1 aromatic rings. The molecule has 1 aliphatic carbocycles. The van der Waals surface area contributed by atoms with E-state index in [4.69, 9.17) is 14.6 Å². The summed E-state index contributed by atoms with van der Waals surface area (Å²) in [5.74, 6) is 0. The van der Waals surface area contributed by atoms with Crippen molar-refractivity contribution < 1.29 is 9.31 Å². The highest BCUT2D eigenvalue weighted by Crippen LogP contribution is 2.36. The Balaban J connectivity index is 0.000000326. The van der Waals surface area contributed by atoms with Crippen LogP contribution < -0.4 is 5.46 Å². The van der Waals surface area contributed by atoms with Crippen LogP contribution in [0.1, 0.15) is 66.2 Å². The summed E-state index contributed by atoms with van der Waals surface area (Å²) >= 11 is 0. The van der Waals surface area contributed by atoms with Crippen molar-refractivity contribution in [3.8, 4) is 6.07 Å². The lowest BCUT2D eigenvalue weighted by molar-refractivity contribution is 0.00578. The summed E-state index contributed by atoms with van der Waals surface area (Å²) in [4.78, 5) is 0. The Hall–Kier alpha value is -1.32. The number of hydrogen-bond acceptors (Lipinski definition) is 4. The van der Waals surface area contributed by atoms with Gasteiger partial charge in [-0.25, -0.2) is 0 Å². The average Bonchev–Trinajstić information content (AvgIpc) is 3.20. The van der Waals surface area contributed by atoms with E-state index in [-0.39, 0.29) is 18.3 Å². The first-order chi connectivity index (χ1) is 10.9. The van der Waals surface area contributed by atoms with Crippen LogP contribution in [0, 0.1) is 11.3 Å². The molecular formula is C17H28BN3O2. The van der Waals surface area contributed by atoms with Gasteiger partial charge in [0.25, 0.3) is 0 Å². The third kappa shape index (κ3) is 4.59. The fraction of sp³-hybridized carbons (Fsp3) is 0.765. The Morgan fingerprint density at radius 1 is 1.13 bits per heavy atom. The van der Waals surface area contributed by atoms with Crippen LogP contribution in [-0.2, 0) is 15.9 Å². The maximum Gasteiger partial charge on any atom is 0.498 e. The summed E-state index contributed by atoms with van der Waals surface area (Å²) in [6.45, 7) is 8.68. The minimum absolute atomic E-state index is 0.341. The van der Waals surface area contributed by atoms with Gasteiger partial charge in [0.1, 0.15) is 0 Å². The van der Waals surface area contributed by atoms with E-state index in [0.29, 0.717) is 13.0 Å². The van der Waals surface area contributed by atoms with Crippen molar-refractivity contribution in [2.24, 2.45) is 0 Å². The molecule has 0 N–H and O–H groups in total. The van der Waals surface area contributed by atoms with Gasteiger partial charge in [-0.2, -0.15) is 10.4 Å². The summed E-state index contributed by atoms with van der Waals surface area (Å²) in [5, 5.41) is 12.7. The zero-order valence-electron chi connectivity index (χ0n) is 14.8. The second-order valence-electron chi connectivity index (χ2n) is 7.30. The first kappa shape index (κ1) is 18.0. The number of nitriles is 1. The number of hydrogen-bond donors (Lipinski definition) is 0. The van der Waals surface area contributed by atoms with Crippen LogP contribution in [0.25, 0.3) is 0 Å². The molecule has 2 fully saturated rings. The number of aryl methyl sites for hydroxylation is 1. The van der Waals surface area contributed by atoms with E-state index in [2.05, 4.69) is 11.2 Å². The van der Waals surface area contributed by atoms with E-state index in [0.717, 1.165) is 5.46 Å². The molecule has 1 aromatic heterocycles. The third-order valence-corrected chi connectivity index (χ3v) is 4.88. The minimum Gasteiger partial charge on any atom is -0.399 e. The molecule has 2 aliphatic rings. The van der Waals surface area contributed by atoms with Gasteiger partial charge >= 0.3 is 7.12 Å². The van der Waals surface area contributed by atoms with Crippen molar-refractivity contribution in [3.63, 3.8) is 0 Å². The number of nitrogens with zero attached hydrogens (tertiary/aromatic N) is 3. The van der Waals surface area contributed by atoms with Gasteiger partial charge in [-0.3, -0.25) is 4.68 Å². The van der Waals surface area contributed by atoms with E-state index >= 15 is 0 Å². The normalized spacial score (nSPS) is 21.6. The molecule has 6 heteroatoms. The summed E-state index contributed by atoms with van der Waals surface area (Å²) in [7, 11) is -0.383. The number of rotatable bonds is 3. The molecule has 0 amide bonds. The third-order valence-electron chi connectivity index (χ3n) is 4.88. The van der Waals surface area contributed by atoms with Crippen molar-refractivity contribution in [3.05, 3.63) is 12.4 Å². The molecule has 1 saturated carbocycles. The Bertz CT molecular complexity index is 521. The maximum atomic E-state index is 8.54. The highest BCUT2D eigenvalue weighted by molar-refractivity contribution is 6.61. The van der Waals surface area contributed by atoms with E-state index in [9.17, 15) is 0 Å². The van der Waals surface area contributed by atoms with Gasteiger partial charge in [0, 0.05) is 17.9 Å². The second-order valence-corrected chi connectivity index (χ2v) is 7.30. The molecule has 0 spiro atoms. The van der Waals surface area contributed by atoms with Gasteiger partial charge in [0.15, 0.2) is 0 Å². The van der Waals surface area contributed by atoms with Crippen LogP contribution in [0.5, 0.6) is 0 Å². The van der Waals surface area contributed by atoms with Crippen molar-refractivity contribution in [2.75, 3.05) is 0 Å². The zero-order valence-corrected chi connectivity index (χ0v) is 14.8. The summed E-state index contributed by atoms with van der Waals surface area (Å²) < 4.78 is 13.6. The predicted octanol–water partition coefficient (Wildman–Crippen LogP) is 3.05. The molecular weight excluding hydrogens is 289 g/mol. The van der Waals surface area contributed by atoms with Gasteiger partial charge in [-0.15, -0.1) is 0 Å². The van der Waals surface area contributed by atoms with E-state index in [1.807, 2.05) is 33.9 Å². The largest absolute Gasteiger partial charge is 0.498 e. The molecule has 0 bridgehead atoms. The lowest BCUT2D eigenvalue weighted by Crippen LogP contribution is -2.41. The van der Waals surface area contributed by atoms with E-state index in [1.54, 1.807) is 10.9 Å². The molecule has 0 radical (unpaired) electrons. The maximum absolute atomic E-state index is 8.54. The monoisotopic (exact) mass is 317 g/mol. The molecule has 2 heterocycles. The molecule has 3 rings (SSSR count). The minimum atomic E-state index is -0.383. The quantitative estimate of drug-likeness (QED) is 0.804. The smallest absolute Gasteiger partial charge is 0.399 e. The van der Waals surface area contributed by atoms with Crippen LogP contribution in [0.2, 0.25) is 0 Å². The molecule has 0 unspecified atom stereocenters. The van der Waals surface area contributed by atoms with Gasteiger partial charge in [-0.05, 0) is 27.7 Å². The molecule has 1 aliphatic heterocycles. The predicted molar refractivity (Wildman–Crippen MR) is 91.3 cm³/mol. The van der Waals surface area contributed by atoms with Crippen molar-refractivity contribution in [1.29, 1.82) is 5.26 Å². The van der Waals surface area contributed by atoms with Crippen LogP contribution in [-0.4, -0.2) is 28.1 Å². The van der Waals surface area contributed by atoms with Crippen molar-refractivity contribution >= 4 is 12.6 Å². The fourth-order valence-corrected chi connectivity index (χ4v) is 2.65. The van der Waals surface area contributed by atoms with Gasteiger partial charge in [0.2, 0.25) is 0 Å². The Kier molecular flexibility index (Phi) is 5.88. The van der Waals surface area contributed by atoms with Crippen molar-refractivity contribution in [2.45, 2.75) is 84.0 Å². The lowest BCUT2D eigenvalue weighted by Gasteiger charge is -2.32. The molecule has 23 heavy (non-hydrogen) atoms. The summed E-state index contributed by atoms with van der Waals surface area (Å²) in [5.41, 5.74) is 0.213. The molecule has 5 nitrogen and oxygen atoms in total. The van der Waals surface area contributed by atoms with Gasteiger partial charge in [-0.1, -0.05) is 32.1 Å². The zero-order chi connectivity index (χ0) is 16.9. The average molecular weight is 317 g/mol. The molecule has 1 saturated heterocycles. The second kappa shape index (κ2) is 7.50. The fourth-order valence-electron chi connectivity index (χ4n) is 2.65. The Morgan fingerprint density at radius 2 is 1.65 bits per heavy atom. The summed E-state index contributed by atoms with van der Waals surface area (Å²) in [6, 6.07) is 2.10.